The Morgan fingerprint density at radius 1 is 1.26 bits per heavy atom. The molecule has 1 amide bonds. The van der Waals surface area contributed by atoms with Gasteiger partial charge in [0.05, 0.1) is 11.9 Å². The van der Waals surface area contributed by atoms with Crippen LogP contribution in [-0.2, 0) is 21.4 Å². The van der Waals surface area contributed by atoms with Crippen LogP contribution in [0.25, 0.3) is 0 Å². The van der Waals surface area contributed by atoms with Crippen molar-refractivity contribution in [3.63, 3.8) is 0 Å². The minimum absolute atomic E-state index is 0.172. The lowest BCUT2D eigenvalue weighted by Crippen LogP contribution is -2.51. The Hall–Kier alpha value is -1.71. The molecule has 150 valence electrons. The van der Waals surface area contributed by atoms with Gasteiger partial charge in [-0.3, -0.25) is 4.79 Å². The van der Waals surface area contributed by atoms with E-state index in [-0.39, 0.29) is 18.3 Å². The van der Waals surface area contributed by atoms with Gasteiger partial charge in [-0.05, 0) is 30.5 Å². The molecule has 7 nitrogen and oxygen atoms in total. The highest BCUT2D eigenvalue weighted by molar-refractivity contribution is 7.88. The van der Waals surface area contributed by atoms with Gasteiger partial charge in [-0.1, -0.05) is 12.5 Å². The van der Waals surface area contributed by atoms with Crippen molar-refractivity contribution < 1.29 is 17.6 Å². The van der Waals surface area contributed by atoms with E-state index in [2.05, 4.69) is 10.6 Å². The Bertz CT molecular complexity index is 781. The van der Waals surface area contributed by atoms with Crippen molar-refractivity contribution >= 4 is 21.6 Å². The highest BCUT2D eigenvalue weighted by Gasteiger charge is 2.34. The largest absolute Gasteiger partial charge is 0.367 e. The van der Waals surface area contributed by atoms with E-state index in [1.54, 1.807) is 12.1 Å². The van der Waals surface area contributed by atoms with E-state index in [1.165, 1.54) is 10.4 Å². The van der Waals surface area contributed by atoms with E-state index in [1.807, 2.05) is 4.90 Å². The maximum atomic E-state index is 14.5. The molecule has 2 heterocycles. The third-order valence-corrected chi connectivity index (χ3v) is 6.41. The summed E-state index contributed by atoms with van der Waals surface area (Å²) in [4.78, 5) is 14.5. The van der Waals surface area contributed by atoms with Gasteiger partial charge >= 0.3 is 0 Å². The zero-order valence-electron chi connectivity index (χ0n) is 15.6. The molecule has 0 unspecified atom stereocenters. The first kappa shape index (κ1) is 20.0. The zero-order chi connectivity index (χ0) is 19.4. The first-order chi connectivity index (χ1) is 12.9. The fourth-order valence-corrected chi connectivity index (χ4v) is 4.82. The average Bonchev–Trinajstić information content (AvgIpc) is 2.66. The van der Waals surface area contributed by atoms with Gasteiger partial charge in [0.25, 0.3) is 0 Å². The second-order valence-electron chi connectivity index (χ2n) is 7.13. The summed E-state index contributed by atoms with van der Waals surface area (Å²) in [6, 6.07) is 4.30. The van der Waals surface area contributed by atoms with Crippen LogP contribution in [0.2, 0.25) is 0 Å². The molecule has 3 rings (SSSR count). The number of halogens is 1. The number of anilines is 1. The first-order valence-electron chi connectivity index (χ1n) is 9.35. The van der Waals surface area contributed by atoms with Crippen LogP contribution in [0.4, 0.5) is 10.1 Å². The molecule has 1 aromatic carbocycles. The van der Waals surface area contributed by atoms with Crippen molar-refractivity contribution in [2.75, 3.05) is 43.9 Å². The van der Waals surface area contributed by atoms with Gasteiger partial charge in [-0.25, -0.2) is 12.8 Å². The van der Waals surface area contributed by atoms with Crippen molar-refractivity contribution in [2.24, 2.45) is 0 Å². The van der Waals surface area contributed by atoms with Gasteiger partial charge in [0.15, 0.2) is 0 Å². The van der Waals surface area contributed by atoms with Crippen LogP contribution in [-0.4, -0.2) is 63.7 Å². The summed E-state index contributed by atoms with van der Waals surface area (Å²) >= 11 is 0. The predicted molar refractivity (Wildman–Crippen MR) is 103 cm³/mol. The van der Waals surface area contributed by atoms with Crippen molar-refractivity contribution in [1.29, 1.82) is 0 Å². The number of benzene rings is 1. The molecule has 2 N–H and O–H groups in total. The molecule has 2 fully saturated rings. The van der Waals surface area contributed by atoms with Gasteiger partial charge in [0, 0.05) is 39.3 Å². The van der Waals surface area contributed by atoms with Gasteiger partial charge in [-0.15, -0.1) is 0 Å². The molecule has 2 saturated heterocycles. The number of carbonyl (C=O) groups excluding carboxylic acids is 1. The van der Waals surface area contributed by atoms with Crippen LogP contribution in [0.5, 0.6) is 0 Å². The average molecular weight is 399 g/mol. The van der Waals surface area contributed by atoms with Gasteiger partial charge in [0.2, 0.25) is 15.9 Å². The molecular formula is C18H27FN4O3S. The van der Waals surface area contributed by atoms with Gasteiger partial charge in [-0.2, -0.15) is 4.31 Å². The minimum Gasteiger partial charge on any atom is -0.367 e. The fraction of sp³-hybridized carbons (Fsp3) is 0.611. The standard InChI is InChI=1S/C18H27FN4O3S/c1-27(25,26)23-9-3-2-4-17(23)18(24)21-13-14-5-6-16(15(19)12-14)22-10-7-20-8-11-22/h5-6,12,17,20H,2-4,7-11,13H2,1H3,(H,21,24)/t17-/m1/s1. The molecule has 1 atom stereocenters. The van der Waals surface area contributed by atoms with Crippen molar-refractivity contribution in [3.05, 3.63) is 29.6 Å². The zero-order valence-corrected chi connectivity index (χ0v) is 16.4. The highest BCUT2D eigenvalue weighted by Crippen LogP contribution is 2.22. The van der Waals surface area contributed by atoms with Crippen LogP contribution < -0.4 is 15.5 Å². The number of carbonyl (C=O) groups is 1. The van der Waals surface area contributed by atoms with E-state index >= 15 is 0 Å². The van der Waals surface area contributed by atoms with E-state index in [0.717, 1.165) is 45.3 Å². The summed E-state index contributed by atoms with van der Waals surface area (Å²) in [6.45, 7) is 3.72. The summed E-state index contributed by atoms with van der Waals surface area (Å²) in [7, 11) is -3.43. The quantitative estimate of drug-likeness (QED) is 0.762. The third-order valence-electron chi connectivity index (χ3n) is 5.12. The molecule has 2 aliphatic heterocycles. The fourth-order valence-electron chi connectivity index (χ4n) is 3.69. The summed E-state index contributed by atoms with van der Waals surface area (Å²) in [6.07, 6.45) is 3.21. The SMILES string of the molecule is CS(=O)(=O)N1CCCC[C@@H]1C(=O)NCc1ccc(N2CCNCC2)c(F)c1. The van der Waals surface area contributed by atoms with E-state index in [4.69, 9.17) is 0 Å². The van der Waals surface area contributed by atoms with Crippen molar-refractivity contribution in [3.8, 4) is 0 Å². The van der Waals surface area contributed by atoms with Crippen LogP contribution in [0, 0.1) is 5.82 Å². The first-order valence-corrected chi connectivity index (χ1v) is 11.2. The molecule has 0 saturated carbocycles. The Labute approximate surface area is 160 Å². The van der Waals surface area contributed by atoms with Crippen LogP contribution >= 0.6 is 0 Å². The minimum atomic E-state index is -3.43. The molecular weight excluding hydrogens is 371 g/mol. The molecule has 1 aromatic rings. The number of rotatable bonds is 5. The summed E-state index contributed by atoms with van der Waals surface area (Å²) < 4.78 is 39.5. The second-order valence-corrected chi connectivity index (χ2v) is 9.06. The Morgan fingerprint density at radius 3 is 2.67 bits per heavy atom. The number of nitrogens with zero attached hydrogens (tertiary/aromatic N) is 2. The van der Waals surface area contributed by atoms with Gasteiger partial charge in [0.1, 0.15) is 11.9 Å². The van der Waals surface area contributed by atoms with Crippen molar-refractivity contribution in [1.82, 2.24) is 14.9 Å². The maximum Gasteiger partial charge on any atom is 0.238 e. The molecule has 0 aliphatic carbocycles. The Morgan fingerprint density at radius 2 is 2.00 bits per heavy atom. The van der Waals surface area contributed by atoms with Crippen LogP contribution in [0.1, 0.15) is 24.8 Å². The smallest absolute Gasteiger partial charge is 0.238 e. The number of sulfonamides is 1. The predicted octanol–water partition coefficient (Wildman–Crippen LogP) is 0.666. The van der Waals surface area contributed by atoms with E-state index in [9.17, 15) is 17.6 Å². The van der Waals surface area contributed by atoms with E-state index in [0.29, 0.717) is 24.2 Å². The monoisotopic (exact) mass is 398 g/mol. The Balaban J connectivity index is 1.62. The van der Waals surface area contributed by atoms with Crippen LogP contribution in [0.15, 0.2) is 18.2 Å². The Kier molecular flexibility index (Phi) is 6.33. The van der Waals surface area contributed by atoms with Gasteiger partial charge < -0.3 is 15.5 Å². The second kappa shape index (κ2) is 8.53. The highest BCUT2D eigenvalue weighted by atomic mass is 32.2. The lowest BCUT2D eigenvalue weighted by Gasteiger charge is -2.32. The number of hydrogen-bond donors (Lipinski definition) is 2. The molecule has 0 bridgehead atoms. The number of amides is 1. The molecule has 0 radical (unpaired) electrons. The lowest BCUT2D eigenvalue weighted by atomic mass is 10.0. The summed E-state index contributed by atoms with van der Waals surface area (Å²) in [5, 5.41) is 6.00. The number of hydrogen-bond acceptors (Lipinski definition) is 5. The molecule has 9 heteroatoms. The number of piperazine rings is 1. The molecule has 0 spiro atoms. The summed E-state index contributed by atoms with van der Waals surface area (Å²) in [5.41, 5.74) is 1.23. The molecule has 0 aromatic heterocycles. The van der Waals surface area contributed by atoms with Crippen LogP contribution in [0.3, 0.4) is 0 Å². The normalized spacial score (nSPS) is 21.9. The number of piperidine rings is 1. The molecule has 27 heavy (non-hydrogen) atoms. The summed E-state index contributed by atoms with van der Waals surface area (Å²) in [5.74, 6) is -0.634. The topological polar surface area (TPSA) is 81.8 Å². The van der Waals surface area contributed by atoms with E-state index < -0.39 is 16.1 Å². The molecule has 2 aliphatic rings. The van der Waals surface area contributed by atoms with Crippen molar-refractivity contribution in [2.45, 2.75) is 31.8 Å². The maximum absolute atomic E-state index is 14.5. The number of nitrogens with one attached hydrogen (secondary N) is 2. The lowest BCUT2D eigenvalue weighted by molar-refractivity contribution is -0.125. The third kappa shape index (κ3) is 4.97.